The molecule has 0 aliphatic carbocycles. The van der Waals surface area contributed by atoms with Gasteiger partial charge in [-0.05, 0) is 17.0 Å². The Morgan fingerprint density at radius 1 is 1.13 bits per heavy atom. The maximum absolute atomic E-state index is 13.3. The molecule has 2 aromatic rings. The van der Waals surface area contributed by atoms with E-state index < -0.39 is 11.6 Å². The van der Waals surface area contributed by atoms with Gasteiger partial charge in [0.2, 0.25) is 0 Å². The summed E-state index contributed by atoms with van der Waals surface area (Å²) in [5.74, 6) is -1.19. The highest BCUT2D eigenvalue weighted by Crippen LogP contribution is 2.20. The molecule has 0 unspecified atom stereocenters. The van der Waals surface area contributed by atoms with E-state index in [1.807, 2.05) is 0 Å². The summed E-state index contributed by atoms with van der Waals surface area (Å²) in [4.78, 5) is 10.3. The monoisotopic (exact) mass is 206 g/mol. The molecule has 0 amide bonds. The van der Waals surface area contributed by atoms with Crippen LogP contribution in [0, 0.1) is 11.6 Å². The molecule has 0 heterocycles. The van der Waals surface area contributed by atoms with Gasteiger partial charge in [-0.15, -0.1) is 0 Å². The number of carbonyl (C=O) groups excluding carboxylic acids is 1. The standard InChI is InChI=1S/C12H8F2O/c13-10-6-9-5-8(3-4-15)1-2-11(9)12(14)7-10/h1-2,4-7H,3H2. The highest BCUT2D eigenvalue weighted by Gasteiger charge is 2.04. The molecule has 0 aliphatic rings. The molecule has 0 saturated carbocycles. The molecule has 0 aromatic heterocycles. The Hall–Kier alpha value is -1.77. The minimum Gasteiger partial charge on any atom is -0.303 e. The van der Waals surface area contributed by atoms with Crippen LogP contribution in [0.15, 0.2) is 30.3 Å². The number of fused-ring (bicyclic) bond motifs is 1. The molecule has 3 heteroatoms. The third-order valence-electron chi connectivity index (χ3n) is 2.25. The van der Waals surface area contributed by atoms with Gasteiger partial charge in [0.15, 0.2) is 0 Å². The SMILES string of the molecule is O=CCc1ccc2c(F)cc(F)cc2c1. The topological polar surface area (TPSA) is 17.1 Å². The summed E-state index contributed by atoms with van der Waals surface area (Å²) in [5, 5.41) is 0.845. The minimum absolute atomic E-state index is 0.258. The summed E-state index contributed by atoms with van der Waals surface area (Å²) in [5.41, 5.74) is 0.752. The first kappa shape index (κ1) is 9.77. The van der Waals surface area contributed by atoms with Crippen LogP contribution in [0.2, 0.25) is 0 Å². The van der Waals surface area contributed by atoms with E-state index in [1.165, 1.54) is 6.07 Å². The van der Waals surface area contributed by atoms with E-state index >= 15 is 0 Å². The molecular weight excluding hydrogens is 198 g/mol. The normalized spacial score (nSPS) is 10.5. The van der Waals surface area contributed by atoms with Crippen LogP contribution in [-0.4, -0.2) is 6.29 Å². The summed E-state index contributed by atoms with van der Waals surface area (Å²) >= 11 is 0. The van der Waals surface area contributed by atoms with Crippen molar-refractivity contribution in [3.05, 3.63) is 47.5 Å². The lowest BCUT2D eigenvalue weighted by molar-refractivity contribution is -0.107. The maximum atomic E-state index is 13.3. The van der Waals surface area contributed by atoms with E-state index in [0.29, 0.717) is 10.8 Å². The van der Waals surface area contributed by atoms with Crippen LogP contribution in [0.1, 0.15) is 5.56 Å². The molecule has 0 bridgehead atoms. The number of carbonyl (C=O) groups is 1. The molecule has 2 rings (SSSR count). The van der Waals surface area contributed by atoms with E-state index in [1.54, 1.807) is 18.2 Å². The van der Waals surface area contributed by atoms with Crippen LogP contribution < -0.4 is 0 Å². The van der Waals surface area contributed by atoms with Crippen molar-refractivity contribution in [3.63, 3.8) is 0 Å². The van der Waals surface area contributed by atoms with Crippen LogP contribution in [0.25, 0.3) is 10.8 Å². The van der Waals surface area contributed by atoms with Crippen LogP contribution in [-0.2, 0) is 11.2 Å². The number of aldehydes is 1. The third-order valence-corrected chi connectivity index (χ3v) is 2.25. The van der Waals surface area contributed by atoms with E-state index in [-0.39, 0.29) is 6.42 Å². The Bertz CT molecular complexity index is 520. The van der Waals surface area contributed by atoms with Gasteiger partial charge in [-0.3, -0.25) is 0 Å². The van der Waals surface area contributed by atoms with Gasteiger partial charge in [-0.1, -0.05) is 18.2 Å². The third kappa shape index (κ3) is 1.86. The first-order valence-electron chi connectivity index (χ1n) is 4.52. The Kier molecular flexibility index (Phi) is 2.46. The molecule has 76 valence electrons. The number of halogens is 2. The highest BCUT2D eigenvalue weighted by molar-refractivity contribution is 5.84. The summed E-state index contributed by atoms with van der Waals surface area (Å²) in [6.45, 7) is 0. The molecule has 1 nitrogen and oxygen atoms in total. The Morgan fingerprint density at radius 3 is 2.67 bits per heavy atom. The van der Waals surface area contributed by atoms with Crippen molar-refractivity contribution in [2.24, 2.45) is 0 Å². The number of benzene rings is 2. The van der Waals surface area contributed by atoms with Gasteiger partial charge < -0.3 is 4.79 Å². The van der Waals surface area contributed by atoms with Crippen molar-refractivity contribution >= 4 is 17.1 Å². The number of hydrogen-bond acceptors (Lipinski definition) is 1. The zero-order chi connectivity index (χ0) is 10.8. The second-order valence-corrected chi connectivity index (χ2v) is 3.31. The first-order valence-corrected chi connectivity index (χ1v) is 4.52. The van der Waals surface area contributed by atoms with Gasteiger partial charge in [-0.25, -0.2) is 8.78 Å². The lowest BCUT2D eigenvalue weighted by atomic mass is 10.0. The van der Waals surface area contributed by atoms with E-state index in [9.17, 15) is 13.6 Å². The molecule has 0 spiro atoms. The molecule has 0 saturated heterocycles. The number of rotatable bonds is 2. The average molecular weight is 206 g/mol. The highest BCUT2D eigenvalue weighted by atomic mass is 19.1. The largest absolute Gasteiger partial charge is 0.303 e. The van der Waals surface area contributed by atoms with E-state index in [0.717, 1.165) is 17.9 Å². The Balaban J connectivity index is 2.65. The van der Waals surface area contributed by atoms with Gasteiger partial charge in [0.25, 0.3) is 0 Å². The fourth-order valence-corrected chi connectivity index (χ4v) is 1.56. The van der Waals surface area contributed by atoms with Gasteiger partial charge in [0, 0.05) is 17.9 Å². The van der Waals surface area contributed by atoms with Crippen molar-refractivity contribution in [3.8, 4) is 0 Å². The molecule has 0 radical (unpaired) electrons. The molecule has 0 atom stereocenters. The Morgan fingerprint density at radius 2 is 1.93 bits per heavy atom. The van der Waals surface area contributed by atoms with Crippen LogP contribution in [0.3, 0.4) is 0 Å². The predicted octanol–water partition coefficient (Wildman–Crippen LogP) is 2.86. The molecule has 0 fully saturated rings. The smallest absolute Gasteiger partial charge is 0.133 e. The average Bonchev–Trinajstić information content (AvgIpc) is 2.17. The zero-order valence-electron chi connectivity index (χ0n) is 7.84. The number of hydrogen-bond donors (Lipinski definition) is 0. The maximum Gasteiger partial charge on any atom is 0.133 e. The molecule has 0 aliphatic heterocycles. The molecule has 15 heavy (non-hydrogen) atoms. The van der Waals surface area contributed by atoms with Crippen LogP contribution >= 0.6 is 0 Å². The second-order valence-electron chi connectivity index (χ2n) is 3.31. The van der Waals surface area contributed by atoms with Gasteiger partial charge in [-0.2, -0.15) is 0 Å². The Labute approximate surface area is 85.3 Å². The van der Waals surface area contributed by atoms with E-state index in [2.05, 4.69) is 0 Å². The van der Waals surface area contributed by atoms with Crippen molar-refractivity contribution < 1.29 is 13.6 Å². The fraction of sp³-hybridized carbons (Fsp3) is 0.0833. The minimum atomic E-state index is -0.608. The molecule has 2 aromatic carbocycles. The summed E-state index contributed by atoms with van der Waals surface area (Å²) in [6, 6.07) is 6.95. The first-order chi connectivity index (χ1) is 7.20. The van der Waals surface area contributed by atoms with Crippen LogP contribution in [0.4, 0.5) is 8.78 Å². The summed E-state index contributed by atoms with van der Waals surface area (Å²) in [7, 11) is 0. The van der Waals surface area contributed by atoms with Gasteiger partial charge >= 0.3 is 0 Å². The van der Waals surface area contributed by atoms with Crippen molar-refractivity contribution in [1.29, 1.82) is 0 Å². The lowest BCUT2D eigenvalue weighted by Crippen LogP contribution is -1.88. The van der Waals surface area contributed by atoms with Crippen molar-refractivity contribution in [2.75, 3.05) is 0 Å². The lowest BCUT2D eigenvalue weighted by Gasteiger charge is -2.02. The van der Waals surface area contributed by atoms with E-state index in [4.69, 9.17) is 0 Å². The summed E-state index contributed by atoms with van der Waals surface area (Å²) in [6.07, 6.45) is 1.02. The molecular formula is C12H8F2O. The van der Waals surface area contributed by atoms with Crippen molar-refractivity contribution in [1.82, 2.24) is 0 Å². The predicted molar refractivity (Wildman–Crippen MR) is 53.6 cm³/mol. The summed E-state index contributed by atoms with van der Waals surface area (Å²) < 4.78 is 26.2. The molecule has 0 N–H and O–H groups in total. The quantitative estimate of drug-likeness (QED) is 0.690. The van der Waals surface area contributed by atoms with Gasteiger partial charge in [0.1, 0.15) is 17.9 Å². The second kappa shape index (κ2) is 3.77. The zero-order valence-corrected chi connectivity index (χ0v) is 7.84. The van der Waals surface area contributed by atoms with Crippen LogP contribution in [0.5, 0.6) is 0 Å². The van der Waals surface area contributed by atoms with Crippen molar-refractivity contribution in [2.45, 2.75) is 6.42 Å². The van der Waals surface area contributed by atoms with Gasteiger partial charge in [0.05, 0.1) is 0 Å². The fourth-order valence-electron chi connectivity index (χ4n) is 1.56.